The van der Waals surface area contributed by atoms with Gasteiger partial charge in [-0.3, -0.25) is 4.90 Å². The van der Waals surface area contributed by atoms with Crippen molar-refractivity contribution in [3.63, 3.8) is 0 Å². The molecule has 1 aliphatic rings. The first-order valence-electron chi connectivity index (χ1n) is 6.59. The molecule has 1 N–H and O–H groups in total. The number of halogens is 10. The van der Waals surface area contributed by atoms with E-state index in [-0.39, 0.29) is 63.1 Å². The third-order valence-corrected chi connectivity index (χ3v) is 3.78. The minimum Gasteiger partial charge on any atom is -0.314 e. The molecule has 0 aliphatic carbocycles. The second-order valence-electron chi connectivity index (χ2n) is 5.09. The molecule has 0 unspecified atom stereocenters. The zero-order chi connectivity index (χ0) is 17.4. The van der Waals surface area contributed by atoms with Crippen molar-refractivity contribution >= 4 is 36.4 Å². The SMILES string of the molecule is Cl.Cl.Fc1c(Cl)cc(C(F)(F)F)cc1[C@@H](N1CCNCC1)C(F)(F)F. The Labute approximate surface area is 156 Å². The number of alkyl halides is 6. The zero-order valence-electron chi connectivity index (χ0n) is 12.3. The second kappa shape index (κ2) is 8.94. The number of nitrogens with zero attached hydrogens (tertiary/aromatic N) is 1. The third-order valence-electron chi connectivity index (χ3n) is 3.51. The molecule has 1 heterocycles. The van der Waals surface area contributed by atoms with Crippen molar-refractivity contribution in [2.45, 2.75) is 18.4 Å². The van der Waals surface area contributed by atoms with Crippen molar-refractivity contribution < 1.29 is 30.7 Å². The van der Waals surface area contributed by atoms with Crippen molar-refractivity contribution in [1.82, 2.24) is 10.2 Å². The first-order chi connectivity index (χ1) is 10.5. The summed E-state index contributed by atoms with van der Waals surface area (Å²) in [6, 6.07) is -2.02. The molecule has 0 bridgehead atoms. The van der Waals surface area contributed by atoms with Crippen LogP contribution < -0.4 is 5.32 Å². The number of hydrogen-bond donors (Lipinski definition) is 1. The molecule has 0 spiro atoms. The van der Waals surface area contributed by atoms with Gasteiger partial charge in [-0.25, -0.2) is 4.39 Å². The molecule has 0 radical (unpaired) electrons. The van der Waals surface area contributed by atoms with Gasteiger partial charge in [-0.15, -0.1) is 24.8 Å². The predicted octanol–water partition coefficient (Wildman–Crippen LogP) is 4.85. The van der Waals surface area contributed by atoms with Gasteiger partial charge in [-0.1, -0.05) is 11.6 Å². The highest BCUT2D eigenvalue weighted by Crippen LogP contribution is 2.42. The Morgan fingerprint density at radius 1 is 1.00 bits per heavy atom. The van der Waals surface area contributed by atoms with Crippen molar-refractivity contribution in [2.24, 2.45) is 0 Å². The first-order valence-corrected chi connectivity index (χ1v) is 6.97. The third kappa shape index (κ3) is 5.75. The number of hydrogen-bond acceptors (Lipinski definition) is 2. The van der Waals surface area contributed by atoms with Crippen molar-refractivity contribution in [2.75, 3.05) is 26.2 Å². The minimum atomic E-state index is -4.94. The molecule has 146 valence electrons. The lowest BCUT2D eigenvalue weighted by Crippen LogP contribution is -2.49. The van der Waals surface area contributed by atoms with E-state index < -0.39 is 40.4 Å². The maximum atomic E-state index is 14.1. The molecule has 0 aromatic heterocycles. The molecule has 1 aliphatic heterocycles. The Bertz CT molecular complexity index is 572. The Kier molecular flexibility index (Phi) is 8.77. The number of piperazine rings is 1. The maximum Gasteiger partial charge on any atom is 0.416 e. The summed E-state index contributed by atoms with van der Waals surface area (Å²) < 4.78 is 92.6. The van der Waals surface area contributed by atoms with Gasteiger partial charge >= 0.3 is 12.4 Å². The maximum absolute atomic E-state index is 14.1. The van der Waals surface area contributed by atoms with Crippen LogP contribution in [0.25, 0.3) is 0 Å². The predicted molar refractivity (Wildman–Crippen MR) is 84.1 cm³/mol. The van der Waals surface area contributed by atoms with Crippen LogP contribution in [0.1, 0.15) is 17.2 Å². The van der Waals surface area contributed by atoms with Gasteiger partial charge < -0.3 is 5.32 Å². The molecule has 1 fully saturated rings. The van der Waals surface area contributed by atoms with E-state index in [0.29, 0.717) is 0 Å². The normalized spacial score (nSPS) is 17.4. The summed E-state index contributed by atoms with van der Waals surface area (Å²) in [6.45, 7) is 0.302. The van der Waals surface area contributed by atoms with Crippen LogP contribution in [-0.2, 0) is 6.18 Å². The van der Waals surface area contributed by atoms with Crippen LogP contribution in [0.2, 0.25) is 5.02 Å². The van der Waals surface area contributed by atoms with Gasteiger partial charge in [0.1, 0.15) is 11.9 Å². The van der Waals surface area contributed by atoms with Gasteiger partial charge in [0, 0.05) is 31.7 Å². The van der Waals surface area contributed by atoms with E-state index in [2.05, 4.69) is 5.32 Å². The lowest BCUT2D eigenvalue weighted by Gasteiger charge is -2.36. The topological polar surface area (TPSA) is 15.3 Å². The summed E-state index contributed by atoms with van der Waals surface area (Å²) in [4.78, 5) is 0.894. The van der Waals surface area contributed by atoms with Crippen molar-refractivity contribution in [3.8, 4) is 0 Å². The van der Waals surface area contributed by atoms with Gasteiger partial charge in [0.25, 0.3) is 0 Å². The Balaban J connectivity index is 0.00000288. The molecule has 12 heteroatoms. The molecule has 1 aromatic carbocycles. The smallest absolute Gasteiger partial charge is 0.314 e. The summed E-state index contributed by atoms with van der Waals surface area (Å²) in [5.41, 5.74) is -2.53. The van der Waals surface area contributed by atoms with Crippen LogP contribution in [0.15, 0.2) is 12.1 Å². The van der Waals surface area contributed by atoms with Crippen molar-refractivity contribution in [1.29, 1.82) is 0 Å². The average molecular weight is 438 g/mol. The largest absolute Gasteiger partial charge is 0.416 e. The molecule has 0 amide bonds. The van der Waals surface area contributed by atoms with E-state index in [9.17, 15) is 30.7 Å². The van der Waals surface area contributed by atoms with Crippen LogP contribution in [0.3, 0.4) is 0 Å². The molecule has 1 atom stereocenters. The molecule has 1 saturated heterocycles. The summed E-state index contributed by atoms with van der Waals surface area (Å²) >= 11 is 5.38. The minimum absolute atomic E-state index is 0. The molecule has 2 nitrogen and oxygen atoms in total. The lowest BCUT2D eigenvalue weighted by atomic mass is 10.00. The lowest BCUT2D eigenvalue weighted by molar-refractivity contribution is -0.188. The highest BCUT2D eigenvalue weighted by Gasteiger charge is 2.47. The number of nitrogens with one attached hydrogen (secondary N) is 1. The summed E-state index contributed by atoms with van der Waals surface area (Å²) in [7, 11) is 0. The van der Waals surface area contributed by atoms with E-state index in [0.717, 1.165) is 4.90 Å². The Morgan fingerprint density at radius 3 is 1.96 bits per heavy atom. The molecule has 0 saturated carbocycles. The van der Waals surface area contributed by atoms with E-state index in [1.807, 2.05) is 0 Å². The van der Waals surface area contributed by atoms with Crippen LogP contribution in [-0.4, -0.2) is 37.3 Å². The van der Waals surface area contributed by atoms with E-state index in [1.165, 1.54) is 0 Å². The van der Waals surface area contributed by atoms with Gasteiger partial charge in [0.15, 0.2) is 0 Å². The van der Waals surface area contributed by atoms with E-state index in [4.69, 9.17) is 11.6 Å². The van der Waals surface area contributed by atoms with Gasteiger partial charge in [0.05, 0.1) is 10.6 Å². The number of benzene rings is 1. The first kappa shape index (κ1) is 24.5. The second-order valence-corrected chi connectivity index (χ2v) is 5.50. The fraction of sp³-hybridized carbons (Fsp3) is 0.538. The quantitative estimate of drug-likeness (QED) is 0.666. The van der Waals surface area contributed by atoms with Gasteiger partial charge in [-0.2, -0.15) is 26.3 Å². The van der Waals surface area contributed by atoms with Crippen molar-refractivity contribution in [3.05, 3.63) is 34.1 Å². The number of rotatable bonds is 2. The monoisotopic (exact) mass is 436 g/mol. The highest BCUT2D eigenvalue weighted by molar-refractivity contribution is 6.30. The van der Waals surface area contributed by atoms with Gasteiger partial charge in [0.2, 0.25) is 0 Å². The zero-order valence-corrected chi connectivity index (χ0v) is 14.7. The molecule has 2 rings (SSSR count). The van der Waals surface area contributed by atoms with Gasteiger partial charge in [-0.05, 0) is 12.1 Å². The fourth-order valence-electron chi connectivity index (χ4n) is 2.49. The highest BCUT2D eigenvalue weighted by atomic mass is 35.5. The van der Waals surface area contributed by atoms with Crippen LogP contribution in [0.5, 0.6) is 0 Å². The molecular weight excluding hydrogens is 424 g/mol. The van der Waals surface area contributed by atoms with Crippen LogP contribution in [0, 0.1) is 5.82 Å². The summed E-state index contributed by atoms with van der Waals surface area (Å²) in [5, 5.41) is 1.84. The molecule has 1 aromatic rings. The fourth-order valence-corrected chi connectivity index (χ4v) is 2.72. The standard InChI is InChI=1S/C13H12ClF7N2.2ClH/c14-9-6-7(12(16,17)18)5-8(10(9)15)11(13(19,20)21)23-3-1-22-2-4-23;;/h5-6,11,22H,1-4H2;2*1H/t11-;;/m1../s1. The van der Waals surface area contributed by atoms with E-state index >= 15 is 0 Å². The van der Waals surface area contributed by atoms with E-state index in [1.54, 1.807) is 0 Å². The summed E-state index contributed by atoms with van der Waals surface area (Å²) in [5.74, 6) is -1.49. The Hall–Kier alpha value is -0.480. The molecular formula is C13H14Cl3F7N2. The van der Waals surface area contributed by atoms with Crippen LogP contribution >= 0.6 is 36.4 Å². The Morgan fingerprint density at radius 2 is 1.52 bits per heavy atom. The summed E-state index contributed by atoms with van der Waals surface area (Å²) in [6.07, 6.45) is -9.86. The molecule has 25 heavy (non-hydrogen) atoms. The van der Waals surface area contributed by atoms with Crippen LogP contribution in [0.4, 0.5) is 30.7 Å². The average Bonchev–Trinajstić information content (AvgIpc) is 2.42.